The number of nitrogens with zero attached hydrogens (tertiary/aromatic N) is 2. The minimum atomic E-state index is -3.43. The molecule has 1 aliphatic carbocycles. The highest BCUT2D eigenvalue weighted by Gasteiger charge is 2.37. The smallest absolute Gasteiger partial charge is 0.256 e. The second-order valence-electron chi connectivity index (χ2n) is 5.03. The van der Waals surface area contributed by atoms with E-state index in [0.717, 1.165) is 9.65 Å². The molecule has 0 amide bonds. The summed E-state index contributed by atoms with van der Waals surface area (Å²) >= 11 is 0. The third-order valence-corrected chi connectivity index (χ3v) is 5.47. The summed E-state index contributed by atoms with van der Waals surface area (Å²) in [5, 5.41) is 3.50. The normalized spacial score (nSPS) is 15.5. The summed E-state index contributed by atoms with van der Waals surface area (Å²) in [4.78, 5) is 0. The number of aromatic nitrogens is 2. The largest absolute Gasteiger partial charge is 0.398 e. The first-order valence-corrected chi connectivity index (χ1v) is 7.75. The van der Waals surface area contributed by atoms with Crippen LogP contribution in [0.4, 0.5) is 10.1 Å². The van der Waals surface area contributed by atoms with Gasteiger partial charge in [0.15, 0.2) is 0 Å². The Hall–Kier alpha value is -1.89. The number of nitrogens with two attached hydrogens (primary N) is 1. The van der Waals surface area contributed by atoms with Crippen LogP contribution in [-0.2, 0) is 10.0 Å². The van der Waals surface area contributed by atoms with Gasteiger partial charge in [-0.05, 0) is 37.5 Å². The summed E-state index contributed by atoms with van der Waals surface area (Å²) < 4.78 is 38.9. The Balaban J connectivity index is 2.04. The SMILES string of the molecule is Cc1cc(-c2cnn(S(=O)(=O)C3CC3)c2)c(F)cc1N. The van der Waals surface area contributed by atoms with Crippen molar-refractivity contribution < 1.29 is 12.8 Å². The van der Waals surface area contributed by atoms with Crippen molar-refractivity contribution in [3.05, 3.63) is 35.9 Å². The topological polar surface area (TPSA) is 78.0 Å². The minimum Gasteiger partial charge on any atom is -0.398 e. The average Bonchev–Trinajstić information content (AvgIpc) is 3.13. The molecule has 1 aromatic carbocycles. The van der Waals surface area contributed by atoms with Gasteiger partial charge in [-0.15, -0.1) is 0 Å². The van der Waals surface area contributed by atoms with Gasteiger partial charge in [0.25, 0.3) is 10.0 Å². The van der Waals surface area contributed by atoms with Gasteiger partial charge in [0.2, 0.25) is 0 Å². The van der Waals surface area contributed by atoms with Crippen LogP contribution in [0.3, 0.4) is 0 Å². The summed E-state index contributed by atoms with van der Waals surface area (Å²) in [6.45, 7) is 1.77. The number of aryl methyl sites for hydroxylation is 1. The lowest BCUT2D eigenvalue weighted by Gasteiger charge is -2.05. The lowest BCUT2D eigenvalue weighted by Crippen LogP contribution is -2.17. The van der Waals surface area contributed by atoms with Crippen LogP contribution in [0.2, 0.25) is 0 Å². The summed E-state index contributed by atoms with van der Waals surface area (Å²) in [5.74, 6) is -0.489. The van der Waals surface area contributed by atoms with Gasteiger partial charge >= 0.3 is 0 Å². The lowest BCUT2D eigenvalue weighted by molar-refractivity contribution is 0.578. The highest BCUT2D eigenvalue weighted by Crippen LogP contribution is 2.31. The average molecular weight is 295 g/mol. The van der Waals surface area contributed by atoms with Gasteiger partial charge in [-0.3, -0.25) is 0 Å². The second-order valence-corrected chi connectivity index (χ2v) is 7.11. The van der Waals surface area contributed by atoms with Crippen LogP contribution in [0.1, 0.15) is 18.4 Å². The highest BCUT2D eigenvalue weighted by atomic mass is 32.2. The van der Waals surface area contributed by atoms with Crippen molar-refractivity contribution >= 4 is 15.7 Å². The van der Waals surface area contributed by atoms with Crippen LogP contribution in [-0.4, -0.2) is 22.9 Å². The lowest BCUT2D eigenvalue weighted by atomic mass is 10.0. The van der Waals surface area contributed by atoms with Gasteiger partial charge in [0, 0.05) is 16.8 Å². The molecule has 0 radical (unpaired) electrons. The maximum atomic E-state index is 13.9. The Kier molecular flexibility index (Phi) is 2.82. The van der Waals surface area contributed by atoms with Crippen LogP contribution >= 0.6 is 0 Å². The third kappa shape index (κ3) is 2.07. The Bertz CT molecular complexity index is 779. The maximum Gasteiger partial charge on any atom is 0.256 e. The van der Waals surface area contributed by atoms with E-state index in [2.05, 4.69) is 5.10 Å². The van der Waals surface area contributed by atoms with Crippen LogP contribution < -0.4 is 5.73 Å². The molecule has 2 N–H and O–H groups in total. The fourth-order valence-corrected chi connectivity index (χ4v) is 3.50. The predicted molar refractivity (Wildman–Crippen MR) is 74.1 cm³/mol. The molecule has 20 heavy (non-hydrogen) atoms. The van der Waals surface area contributed by atoms with Gasteiger partial charge in [-0.1, -0.05) is 0 Å². The van der Waals surface area contributed by atoms with Crippen LogP contribution in [0.25, 0.3) is 11.1 Å². The van der Waals surface area contributed by atoms with Crippen molar-refractivity contribution in [3.8, 4) is 11.1 Å². The quantitative estimate of drug-likeness (QED) is 0.878. The standard InChI is InChI=1S/C13H14FN3O2S/c1-8-4-11(12(14)5-13(8)15)9-6-16-17(7-9)20(18,19)10-2-3-10/h4-7,10H,2-3,15H2,1H3. The molecule has 106 valence electrons. The second kappa shape index (κ2) is 4.31. The molecule has 0 saturated heterocycles. The van der Waals surface area contributed by atoms with E-state index in [4.69, 9.17) is 5.73 Å². The zero-order chi connectivity index (χ0) is 14.5. The predicted octanol–water partition coefficient (Wildman–Crippen LogP) is 1.92. The molecule has 0 bridgehead atoms. The molecular formula is C13H14FN3O2S. The van der Waals surface area contributed by atoms with E-state index in [0.29, 0.717) is 29.7 Å². The van der Waals surface area contributed by atoms with Crippen molar-refractivity contribution in [2.45, 2.75) is 25.0 Å². The van der Waals surface area contributed by atoms with E-state index in [1.54, 1.807) is 13.0 Å². The van der Waals surface area contributed by atoms with Crippen molar-refractivity contribution in [2.24, 2.45) is 0 Å². The molecule has 7 heteroatoms. The Morgan fingerprint density at radius 2 is 2.10 bits per heavy atom. The minimum absolute atomic E-state index is 0.300. The van der Waals surface area contributed by atoms with E-state index >= 15 is 0 Å². The van der Waals surface area contributed by atoms with Gasteiger partial charge < -0.3 is 5.73 Å². The molecular weight excluding hydrogens is 281 g/mol. The molecule has 5 nitrogen and oxygen atoms in total. The fourth-order valence-electron chi connectivity index (χ4n) is 2.02. The maximum absolute atomic E-state index is 13.9. The number of nitrogen functional groups attached to an aromatic ring is 1. The number of hydrogen-bond donors (Lipinski definition) is 1. The number of halogens is 1. The van der Waals surface area contributed by atoms with Crippen molar-refractivity contribution in [1.29, 1.82) is 0 Å². The number of anilines is 1. The van der Waals surface area contributed by atoms with Gasteiger partial charge in [-0.2, -0.15) is 9.19 Å². The number of hydrogen-bond acceptors (Lipinski definition) is 4. The van der Waals surface area contributed by atoms with E-state index in [1.165, 1.54) is 18.5 Å². The molecule has 1 aromatic heterocycles. The van der Waals surface area contributed by atoms with Crippen LogP contribution in [0.5, 0.6) is 0 Å². The Morgan fingerprint density at radius 3 is 2.75 bits per heavy atom. The number of benzene rings is 1. The Morgan fingerprint density at radius 1 is 1.40 bits per heavy atom. The molecule has 0 aliphatic heterocycles. The molecule has 1 heterocycles. The molecule has 1 fully saturated rings. The summed E-state index contributed by atoms with van der Waals surface area (Å²) in [5.41, 5.74) is 7.46. The third-order valence-electron chi connectivity index (χ3n) is 3.43. The van der Waals surface area contributed by atoms with E-state index in [9.17, 15) is 12.8 Å². The first kappa shape index (κ1) is 13.1. The zero-order valence-corrected chi connectivity index (χ0v) is 11.7. The zero-order valence-electron chi connectivity index (χ0n) is 10.9. The molecule has 0 unspecified atom stereocenters. The monoisotopic (exact) mass is 295 g/mol. The van der Waals surface area contributed by atoms with Gasteiger partial charge in [-0.25, -0.2) is 12.8 Å². The molecule has 2 aromatic rings. The summed E-state index contributed by atoms with van der Waals surface area (Å²) in [6, 6.07) is 2.83. The van der Waals surface area contributed by atoms with Crippen LogP contribution in [0, 0.1) is 12.7 Å². The first-order valence-electron chi connectivity index (χ1n) is 6.24. The van der Waals surface area contributed by atoms with Gasteiger partial charge in [0.1, 0.15) is 5.82 Å². The highest BCUT2D eigenvalue weighted by molar-refractivity contribution is 7.90. The van der Waals surface area contributed by atoms with Crippen molar-refractivity contribution in [1.82, 2.24) is 9.19 Å². The van der Waals surface area contributed by atoms with E-state index in [-0.39, 0.29) is 5.25 Å². The molecule has 0 spiro atoms. The molecule has 1 saturated carbocycles. The molecule has 0 atom stereocenters. The summed E-state index contributed by atoms with van der Waals surface area (Å²) in [6.07, 6.45) is 4.02. The number of rotatable bonds is 3. The fraction of sp³-hybridized carbons (Fsp3) is 0.308. The van der Waals surface area contributed by atoms with Crippen LogP contribution in [0.15, 0.2) is 24.5 Å². The van der Waals surface area contributed by atoms with E-state index < -0.39 is 15.8 Å². The van der Waals surface area contributed by atoms with Crippen molar-refractivity contribution in [3.63, 3.8) is 0 Å². The first-order chi connectivity index (χ1) is 9.39. The Labute approximate surface area is 116 Å². The van der Waals surface area contributed by atoms with Gasteiger partial charge in [0.05, 0.1) is 17.6 Å². The van der Waals surface area contributed by atoms with Crippen molar-refractivity contribution in [2.75, 3.05) is 5.73 Å². The molecule has 3 rings (SSSR count). The molecule has 1 aliphatic rings. The summed E-state index contributed by atoms with van der Waals surface area (Å²) in [7, 11) is -3.43. The van der Waals surface area contributed by atoms with E-state index in [1.807, 2.05) is 0 Å².